The molecular formula is C14H17F2N5O2. The standard InChI is InChI=1S/C14H17F2N5O2/c1-22-8-12-19-13-5-2-9(7-21(13)20-12)18-11-4-3-10(6-17-11)23-14(15)16/h3-4,6,9,14H,2,5,7-8H2,1H3,(H,17,18). The number of methoxy groups -OCH3 is 1. The van der Waals surface area contributed by atoms with Crippen molar-refractivity contribution in [2.45, 2.75) is 38.6 Å². The average Bonchev–Trinajstić information content (AvgIpc) is 2.91. The van der Waals surface area contributed by atoms with Gasteiger partial charge in [0.05, 0.1) is 12.7 Å². The molecule has 2 aromatic heterocycles. The van der Waals surface area contributed by atoms with Gasteiger partial charge in [0.1, 0.15) is 24.0 Å². The Kier molecular flexibility index (Phi) is 4.65. The molecule has 0 saturated heterocycles. The van der Waals surface area contributed by atoms with Gasteiger partial charge in [-0.25, -0.2) is 14.6 Å². The van der Waals surface area contributed by atoms with Crippen LogP contribution in [0.2, 0.25) is 0 Å². The van der Waals surface area contributed by atoms with E-state index in [9.17, 15) is 8.78 Å². The van der Waals surface area contributed by atoms with Crippen LogP contribution in [-0.4, -0.2) is 39.5 Å². The molecule has 23 heavy (non-hydrogen) atoms. The molecule has 0 aromatic carbocycles. The Morgan fingerprint density at radius 1 is 1.43 bits per heavy atom. The second-order valence-corrected chi connectivity index (χ2v) is 5.20. The summed E-state index contributed by atoms with van der Waals surface area (Å²) in [5.41, 5.74) is 0. The third-order valence-electron chi connectivity index (χ3n) is 3.49. The topological polar surface area (TPSA) is 74.1 Å². The fraction of sp³-hybridized carbons (Fsp3) is 0.500. The first-order valence-corrected chi connectivity index (χ1v) is 7.23. The Hall–Kier alpha value is -2.29. The highest BCUT2D eigenvalue weighted by atomic mass is 19.3. The zero-order valence-corrected chi connectivity index (χ0v) is 12.6. The first-order chi connectivity index (χ1) is 11.1. The maximum absolute atomic E-state index is 12.1. The van der Waals surface area contributed by atoms with Crippen molar-refractivity contribution in [3.63, 3.8) is 0 Å². The second-order valence-electron chi connectivity index (χ2n) is 5.20. The highest BCUT2D eigenvalue weighted by Crippen LogP contribution is 2.19. The lowest BCUT2D eigenvalue weighted by molar-refractivity contribution is -0.0500. The minimum absolute atomic E-state index is 0.0389. The van der Waals surface area contributed by atoms with Crippen molar-refractivity contribution in [2.24, 2.45) is 0 Å². The van der Waals surface area contributed by atoms with Crippen LogP contribution in [0.15, 0.2) is 18.3 Å². The molecule has 9 heteroatoms. The number of hydrogen-bond donors (Lipinski definition) is 1. The van der Waals surface area contributed by atoms with Gasteiger partial charge in [-0.3, -0.25) is 0 Å². The molecule has 2 aromatic rings. The van der Waals surface area contributed by atoms with Crippen molar-refractivity contribution in [1.82, 2.24) is 19.7 Å². The number of pyridine rings is 1. The molecule has 1 N–H and O–H groups in total. The van der Waals surface area contributed by atoms with Crippen LogP contribution in [0.4, 0.5) is 14.6 Å². The summed E-state index contributed by atoms with van der Waals surface area (Å²) in [6.07, 6.45) is 2.97. The number of anilines is 1. The maximum atomic E-state index is 12.1. The highest BCUT2D eigenvalue weighted by molar-refractivity contribution is 5.38. The Morgan fingerprint density at radius 2 is 2.30 bits per heavy atom. The molecule has 0 bridgehead atoms. The fourth-order valence-corrected chi connectivity index (χ4v) is 2.52. The SMILES string of the molecule is COCc1nc2n(n1)CC(Nc1ccc(OC(F)F)cn1)CC2. The first kappa shape index (κ1) is 15.6. The summed E-state index contributed by atoms with van der Waals surface area (Å²) in [6.45, 7) is -1.78. The van der Waals surface area contributed by atoms with Crippen molar-refractivity contribution >= 4 is 5.82 Å². The van der Waals surface area contributed by atoms with Crippen molar-refractivity contribution in [3.05, 3.63) is 30.0 Å². The van der Waals surface area contributed by atoms with Gasteiger partial charge >= 0.3 is 6.61 Å². The van der Waals surface area contributed by atoms with Gasteiger partial charge < -0.3 is 14.8 Å². The molecule has 0 spiro atoms. The van der Waals surface area contributed by atoms with E-state index in [1.807, 2.05) is 4.68 Å². The maximum Gasteiger partial charge on any atom is 0.387 e. The van der Waals surface area contributed by atoms with Crippen LogP contribution >= 0.6 is 0 Å². The van der Waals surface area contributed by atoms with E-state index in [-0.39, 0.29) is 11.8 Å². The molecule has 1 atom stereocenters. The van der Waals surface area contributed by atoms with Gasteiger partial charge in [0, 0.05) is 19.6 Å². The molecule has 0 fully saturated rings. The molecular weight excluding hydrogens is 308 g/mol. The molecule has 1 aliphatic rings. The average molecular weight is 325 g/mol. The molecule has 0 aliphatic carbocycles. The zero-order chi connectivity index (χ0) is 16.2. The molecule has 0 saturated carbocycles. The molecule has 1 unspecified atom stereocenters. The van der Waals surface area contributed by atoms with Crippen molar-refractivity contribution in [1.29, 1.82) is 0 Å². The predicted molar refractivity (Wildman–Crippen MR) is 77.3 cm³/mol. The van der Waals surface area contributed by atoms with Crippen LogP contribution in [-0.2, 0) is 24.3 Å². The van der Waals surface area contributed by atoms with E-state index < -0.39 is 6.61 Å². The van der Waals surface area contributed by atoms with E-state index in [1.54, 1.807) is 13.2 Å². The van der Waals surface area contributed by atoms with Crippen LogP contribution in [0.25, 0.3) is 0 Å². The Morgan fingerprint density at radius 3 is 3.00 bits per heavy atom. The number of ether oxygens (including phenoxy) is 2. The van der Waals surface area contributed by atoms with Gasteiger partial charge in [0.15, 0.2) is 5.82 Å². The van der Waals surface area contributed by atoms with E-state index in [2.05, 4.69) is 25.1 Å². The molecule has 124 valence electrons. The van der Waals surface area contributed by atoms with E-state index >= 15 is 0 Å². The predicted octanol–water partition coefficient (Wildman–Crippen LogP) is 1.85. The van der Waals surface area contributed by atoms with Gasteiger partial charge in [-0.15, -0.1) is 0 Å². The number of aromatic nitrogens is 4. The van der Waals surface area contributed by atoms with E-state index in [4.69, 9.17) is 4.74 Å². The van der Waals surface area contributed by atoms with Crippen LogP contribution in [0.5, 0.6) is 5.75 Å². The smallest absolute Gasteiger partial charge is 0.387 e. The summed E-state index contributed by atoms with van der Waals surface area (Å²) in [4.78, 5) is 8.50. The summed E-state index contributed by atoms with van der Waals surface area (Å²) in [5.74, 6) is 2.27. The summed E-state index contributed by atoms with van der Waals surface area (Å²) in [7, 11) is 1.61. The number of rotatable bonds is 6. The lowest BCUT2D eigenvalue weighted by Gasteiger charge is -2.24. The van der Waals surface area contributed by atoms with Crippen LogP contribution < -0.4 is 10.1 Å². The molecule has 7 nitrogen and oxygen atoms in total. The van der Waals surface area contributed by atoms with Gasteiger partial charge in [-0.2, -0.15) is 13.9 Å². The van der Waals surface area contributed by atoms with E-state index in [0.29, 0.717) is 24.8 Å². The molecule has 3 rings (SSSR count). The third-order valence-corrected chi connectivity index (χ3v) is 3.49. The quantitative estimate of drug-likeness (QED) is 0.874. The first-order valence-electron chi connectivity index (χ1n) is 7.23. The van der Waals surface area contributed by atoms with Crippen LogP contribution in [0.1, 0.15) is 18.1 Å². The summed E-state index contributed by atoms with van der Waals surface area (Å²) in [6, 6.07) is 3.22. The van der Waals surface area contributed by atoms with Crippen LogP contribution in [0, 0.1) is 0 Å². The number of halogens is 2. The monoisotopic (exact) mass is 325 g/mol. The lowest BCUT2D eigenvalue weighted by Crippen LogP contribution is -2.32. The van der Waals surface area contributed by atoms with E-state index in [1.165, 1.54) is 12.3 Å². The number of nitrogens with one attached hydrogen (secondary N) is 1. The number of nitrogens with zero attached hydrogens (tertiary/aromatic N) is 4. The van der Waals surface area contributed by atoms with Gasteiger partial charge in [0.25, 0.3) is 0 Å². The van der Waals surface area contributed by atoms with Gasteiger partial charge in [0.2, 0.25) is 0 Å². The Bertz CT molecular complexity index is 647. The summed E-state index contributed by atoms with van der Waals surface area (Å²) < 4.78 is 35.4. The fourth-order valence-electron chi connectivity index (χ4n) is 2.52. The number of aryl methyl sites for hydroxylation is 1. The van der Waals surface area contributed by atoms with Gasteiger partial charge in [-0.1, -0.05) is 0 Å². The summed E-state index contributed by atoms with van der Waals surface area (Å²) in [5, 5.41) is 7.67. The highest BCUT2D eigenvalue weighted by Gasteiger charge is 2.21. The zero-order valence-electron chi connectivity index (χ0n) is 12.6. The Balaban J connectivity index is 1.60. The van der Waals surface area contributed by atoms with Crippen molar-refractivity contribution in [2.75, 3.05) is 12.4 Å². The third kappa shape index (κ3) is 3.92. The second kappa shape index (κ2) is 6.86. The van der Waals surface area contributed by atoms with E-state index in [0.717, 1.165) is 18.7 Å². The minimum atomic E-state index is -2.85. The lowest BCUT2D eigenvalue weighted by atomic mass is 10.1. The molecule has 1 aliphatic heterocycles. The minimum Gasteiger partial charge on any atom is -0.433 e. The van der Waals surface area contributed by atoms with Gasteiger partial charge in [-0.05, 0) is 18.6 Å². The molecule has 3 heterocycles. The Labute approximate surface area is 131 Å². The molecule has 0 amide bonds. The largest absolute Gasteiger partial charge is 0.433 e. The number of hydrogen-bond acceptors (Lipinski definition) is 6. The number of alkyl halides is 2. The van der Waals surface area contributed by atoms with Crippen LogP contribution in [0.3, 0.4) is 0 Å². The summed E-state index contributed by atoms with van der Waals surface area (Å²) >= 11 is 0. The van der Waals surface area contributed by atoms with Crippen molar-refractivity contribution < 1.29 is 18.3 Å². The normalized spacial score (nSPS) is 17.1. The van der Waals surface area contributed by atoms with Crippen molar-refractivity contribution in [3.8, 4) is 5.75 Å². The molecule has 0 radical (unpaired) electrons. The number of fused-ring (bicyclic) bond motifs is 1.